The Hall–Kier alpha value is -0.250. The van der Waals surface area contributed by atoms with Crippen molar-refractivity contribution in [2.75, 3.05) is 58.4 Å². The fraction of sp³-hybridized carbons (Fsp3) is 1.00. The fourth-order valence-corrected chi connectivity index (χ4v) is 2.80. The number of rotatable bonds is 4. The van der Waals surface area contributed by atoms with Crippen LogP contribution in [0.25, 0.3) is 0 Å². The second-order valence-corrected chi connectivity index (χ2v) is 6.10. The summed E-state index contributed by atoms with van der Waals surface area (Å²) < 4.78 is 41.2. The van der Waals surface area contributed by atoms with Crippen LogP contribution in [-0.2, 0) is 19.6 Å². The highest BCUT2D eigenvalue weighted by atomic mass is 32.2. The summed E-state index contributed by atoms with van der Waals surface area (Å²) in [7, 11) is -3.90. The van der Waals surface area contributed by atoms with Crippen molar-refractivity contribution in [1.29, 1.82) is 0 Å². The van der Waals surface area contributed by atoms with Crippen molar-refractivity contribution in [3.63, 3.8) is 0 Å². The Morgan fingerprint density at radius 2 is 1.78 bits per heavy atom. The molecule has 0 aromatic rings. The van der Waals surface area contributed by atoms with E-state index in [0.717, 1.165) is 13.1 Å². The molecule has 18 heavy (non-hydrogen) atoms. The number of nitrogens with zero attached hydrogens (tertiary/aromatic N) is 2. The van der Waals surface area contributed by atoms with Crippen molar-refractivity contribution < 1.29 is 22.4 Å². The molecule has 1 atom stereocenters. The van der Waals surface area contributed by atoms with Crippen LogP contribution in [0.5, 0.6) is 0 Å². The van der Waals surface area contributed by atoms with Crippen LogP contribution in [0.1, 0.15) is 0 Å². The van der Waals surface area contributed by atoms with Crippen LogP contribution in [-0.4, -0.2) is 87.3 Å². The Balaban J connectivity index is 1.92. The predicted molar refractivity (Wildman–Crippen MR) is 65.0 cm³/mol. The van der Waals surface area contributed by atoms with Gasteiger partial charge in [0.15, 0.2) is 0 Å². The minimum Gasteiger partial charge on any atom is -0.379 e. The largest absolute Gasteiger partial charge is 0.379 e. The Bertz CT molecular complexity index is 355. The van der Waals surface area contributed by atoms with Gasteiger partial charge in [0.25, 0.3) is 10.1 Å². The monoisotopic (exact) mass is 280 g/mol. The summed E-state index contributed by atoms with van der Waals surface area (Å²) in [5.74, 6) is -0.228. The molecule has 2 fully saturated rings. The van der Waals surface area contributed by atoms with Gasteiger partial charge in [-0.3, -0.25) is 14.4 Å². The van der Waals surface area contributed by atoms with Gasteiger partial charge in [-0.15, -0.1) is 0 Å². The maximum absolute atomic E-state index is 10.8. The fourth-order valence-electron chi connectivity index (χ4n) is 2.33. The van der Waals surface area contributed by atoms with Crippen LogP contribution in [0.3, 0.4) is 0 Å². The van der Waals surface area contributed by atoms with Gasteiger partial charge in [-0.2, -0.15) is 8.42 Å². The molecule has 0 aliphatic carbocycles. The number of ether oxygens (including phenoxy) is 2. The van der Waals surface area contributed by atoms with E-state index in [1.165, 1.54) is 0 Å². The molecule has 0 radical (unpaired) electrons. The van der Waals surface area contributed by atoms with Gasteiger partial charge in [0, 0.05) is 26.2 Å². The van der Waals surface area contributed by atoms with Crippen molar-refractivity contribution in [3.05, 3.63) is 0 Å². The summed E-state index contributed by atoms with van der Waals surface area (Å²) in [5.41, 5.74) is 0. The molecule has 0 aromatic carbocycles. The first-order valence-corrected chi connectivity index (χ1v) is 7.76. The summed E-state index contributed by atoms with van der Waals surface area (Å²) in [6, 6.07) is 0. The molecule has 0 bridgehead atoms. The average molecular weight is 280 g/mol. The van der Waals surface area contributed by atoms with Crippen molar-refractivity contribution in [3.8, 4) is 0 Å². The lowest BCUT2D eigenvalue weighted by Gasteiger charge is -2.43. The van der Waals surface area contributed by atoms with Gasteiger partial charge >= 0.3 is 0 Å². The van der Waals surface area contributed by atoms with Crippen molar-refractivity contribution in [1.82, 2.24) is 9.80 Å². The van der Waals surface area contributed by atoms with Crippen LogP contribution in [0.2, 0.25) is 0 Å². The highest BCUT2D eigenvalue weighted by molar-refractivity contribution is 7.85. The van der Waals surface area contributed by atoms with E-state index in [9.17, 15) is 8.42 Å². The van der Waals surface area contributed by atoms with Gasteiger partial charge in [-0.1, -0.05) is 0 Å². The van der Waals surface area contributed by atoms with E-state index in [1.54, 1.807) is 0 Å². The molecule has 106 valence electrons. The summed E-state index contributed by atoms with van der Waals surface area (Å²) in [5, 5.41) is 0. The third-order valence-electron chi connectivity index (χ3n) is 3.31. The zero-order valence-corrected chi connectivity index (χ0v) is 11.1. The minimum absolute atomic E-state index is 0.0874. The normalized spacial score (nSPS) is 28.4. The lowest BCUT2D eigenvalue weighted by molar-refractivity contribution is -0.0996. The number of morpholine rings is 2. The van der Waals surface area contributed by atoms with Crippen molar-refractivity contribution in [2.24, 2.45) is 0 Å². The lowest BCUT2D eigenvalue weighted by atomic mass is 10.3. The molecule has 7 nitrogen and oxygen atoms in total. The molecule has 2 saturated heterocycles. The molecule has 1 N–H and O–H groups in total. The van der Waals surface area contributed by atoms with E-state index < -0.39 is 10.1 Å². The van der Waals surface area contributed by atoms with Gasteiger partial charge in [-0.05, 0) is 0 Å². The molecule has 0 aromatic heterocycles. The van der Waals surface area contributed by atoms with Crippen LogP contribution >= 0.6 is 0 Å². The topological polar surface area (TPSA) is 79.3 Å². The van der Waals surface area contributed by atoms with E-state index in [1.807, 2.05) is 0 Å². The highest BCUT2D eigenvalue weighted by Crippen LogP contribution is 2.13. The van der Waals surface area contributed by atoms with Gasteiger partial charge in [0.05, 0.1) is 38.3 Å². The summed E-state index contributed by atoms with van der Waals surface area (Å²) in [4.78, 5) is 4.30. The SMILES string of the molecule is O=S(=O)(O)CCN1CCOCC1N1CCOCC1. The smallest absolute Gasteiger partial charge is 0.266 e. The zero-order valence-electron chi connectivity index (χ0n) is 10.3. The Kier molecular flexibility index (Phi) is 4.93. The van der Waals surface area contributed by atoms with E-state index in [-0.39, 0.29) is 11.9 Å². The molecule has 2 rings (SSSR count). The predicted octanol–water partition coefficient (Wildman–Crippen LogP) is -1.14. The van der Waals surface area contributed by atoms with Gasteiger partial charge in [0.1, 0.15) is 0 Å². The molecule has 0 spiro atoms. The van der Waals surface area contributed by atoms with Crippen LogP contribution < -0.4 is 0 Å². The molecule has 2 aliphatic heterocycles. The third kappa shape index (κ3) is 4.15. The second kappa shape index (κ2) is 6.27. The highest BCUT2D eigenvalue weighted by Gasteiger charge is 2.30. The van der Waals surface area contributed by atoms with E-state index in [0.29, 0.717) is 39.5 Å². The van der Waals surface area contributed by atoms with Crippen LogP contribution in [0.15, 0.2) is 0 Å². The zero-order chi connectivity index (χ0) is 13.0. The van der Waals surface area contributed by atoms with Gasteiger partial charge < -0.3 is 9.47 Å². The Labute approximate surface area is 107 Å². The second-order valence-electron chi connectivity index (χ2n) is 4.53. The van der Waals surface area contributed by atoms with E-state index >= 15 is 0 Å². The van der Waals surface area contributed by atoms with Gasteiger partial charge in [-0.25, -0.2) is 0 Å². The van der Waals surface area contributed by atoms with E-state index in [2.05, 4.69) is 9.80 Å². The van der Waals surface area contributed by atoms with Crippen molar-refractivity contribution >= 4 is 10.1 Å². The molecule has 0 saturated carbocycles. The molecule has 2 aliphatic rings. The maximum Gasteiger partial charge on any atom is 0.266 e. The first-order chi connectivity index (χ1) is 8.56. The lowest BCUT2D eigenvalue weighted by Crippen LogP contribution is -2.58. The molecule has 2 heterocycles. The van der Waals surface area contributed by atoms with Crippen LogP contribution in [0.4, 0.5) is 0 Å². The minimum atomic E-state index is -3.90. The molecular weight excluding hydrogens is 260 g/mol. The Morgan fingerprint density at radius 3 is 2.44 bits per heavy atom. The Morgan fingerprint density at radius 1 is 1.11 bits per heavy atom. The van der Waals surface area contributed by atoms with Crippen LogP contribution in [0, 0.1) is 0 Å². The van der Waals surface area contributed by atoms with E-state index in [4.69, 9.17) is 14.0 Å². The number of hydrogen-bond acceptors (Lipinski definition) is 6. The maximum atomic E-state index is 10.8. The quantitative estimate of drug-likeness (QED) is 0.652. The summed E-state index contributed by atoms with van der Waals surface area (Å²) in [6.07, 6.45) is 0.0874. The van der Waals surface area contributed by atoms with Gasteiger partial charge in [0.2, 0.25) is 0 Å². The molecule has 8 heteroatoms. The standard InChI is InChI=1S/C10H20N2O5S/c13-18(14,15)8-4-12-3-7-17-9-10(12)11-1-5-16-6-2-11/h10H,1-9H2,(H,13,14,15). The number of hydrogen-bond donors (Lipinski definition) is 1. The summed E-state index contributed by atoms with van der Waals surface area (Å²) >= 11 is 0. The first kappa shape index (κ1) is 14.2. The summed E-state index contributed by atoms with van der Waals surface area (Å²) in [6.45, 7) is 5.26. The third-order valence-corrected chi connectivity index (χ3v) is 4.01. The molecular formula is C10H20N2O5S. The molecule has 1 unspecified atom stereocenters. The first-order valence-electron chi connectivity index (χ1n) is 6.15. The molecule has 0 amide bonds. The van der Waals surface area contributed by atoms with Crippen molar-refractivity contribution in [2.45, 2.75) is 6.17 Å². The average Bonchev–Trinajstić information content (AvgIpc) is 2.37.